The molecule has 162 valence electrons. The van der Waals surface area contributed by atoms with Crippen molar-refractivity contribution in [3.05, 3.63) is 90.0 Å². The van der Waals surface area contributed by atoms with E-state index in [1.165, 1.54) is 11.8 Å². The van der Waals surface area contributed by atoms with Crippen molar-refractivity contribution in [1.82, 2.24) is 5.32 Å². The number of aliphatic imine (C=N–C) groups is 1. The van der Waals surface area contributed by atoms with Crippen LogP contribution in [0.5, 0.6) is 5.75 Å². The van der Waals surface area contributed by atoms with Crippen LogP contribution < -0.4 is 15.4 Å². The maximum absolute atomic E-state index is 11.5. The fourth-order valence-electron chi connectivity index (χ4n) is 2.78. The molecular weight excluding hydrogens is 410 g/mol. The molecule has 0 aromatic heterocycles. The van der Waals surface area contributed by atoms with Gasteiger partial charge in [-0.25, -0.2) is 13.4 Å². The molecule has 0 heterocycles. The lowest BCUT2D eigenvalue weighted by atomic mass is 10.1. The second-order valence-electron chi connectivity index (χ2n) is 7.16. The molecule has 2 N–H and O–H groups in total. The molecule has 0 fully saturated rings. The van der Waals surface area contributed by atoms with Crippen LogP contribution in [0.1, 0.15) is 11.1 Å². The van der Waals surface area contributed by atoms with Crippen molar-refractivity contribution in [2.45, 2.75) is 18.4 Å². The van der Waals surface area contributed by atoms with Gasteiger partial charge in [0.1, 0.15) is 12.4 Å². The van der Waals surface area contributed by atoms with Crippen LogP contribution in [0.15, 0.2) is 88.8 Å². The Hall–Kier alpha value is -3.32. The zero-order valence-electron chi connectivity index (χ0n) is 17.7. The Morgan fingerprint density at radius 2 is 1.61 bits per heavy atom. The van der Waals surface area contributed by atoms with Gasteiger partial charge in [-0.05, 0) is 48.9 Å². The normalized spacial score (nSPS) is 11.7. The van der Waals surface area contributed by atoms with Crippen LogP contribution >= 0.6 is 0 Å². The molecule has 0 saturated carbocycles. The molecule has 3 rings (SSSR count). The van der Waals surface area contributed by atoms with Crippen molar-refractivity contribution in [2.24, 2.45) is 4.99 Å². The van der Waals surface area contributed by atoms with Gasteiger partial charge in [0.25, 0.3) is 0 Å². The van der Waals surface area contributed by atoms with Crippen LogP contribution in [0.2, 0.25) is 0 Å². The van der Waals surface area contributed by atoms with Gasteiger partial charge in [0.05, 0.1) is 18.0 Å². The fourth-order valence-corrected chi connectivity index (χ4v) is 3.41. The maximum atomic E-state index is 11.5. The molecule has 0 bridgehead atoms. The predicted molar refractivity (Wildman–Crippen MR) is 125 cm³/mol. The third-order valence-electron chi connectivity index (χ3n) is 4.49. The average molecular weight is 438 g/mol. The molecule has 0 unspecified atom stereocenters. The second kappa shape index (κ2) is 10.6. The lowest BCUT2D eigenvalue weighted by Gasteiger charge is -2.13. The minimum absolute atomic E-state index is 0.274. The first-order valence-corrected chi connectivity index (χ1v) is 11.9. The van der Waals surface area contributed by atoms with E-state index in [1.54, 1.807) is 24.3 Å². The Kier molecular flexibility index (Phi) is 7.67. The van der Waals surface area contributed by atoms with Gasteiger partial charge in [-0.1, -0.05) is 48.0 Å². The first-order chi connectivity index (χ1) is 14.9. The monoisotopic (exact) mass is 437 g/mol. The van der Waals surface area contributed by atoms with Gasteiger partial charge in [0, 0.05) is 11.9 Å². The van der Waals surface area contributed by atoms with Crippen molar-refractivity contribution in [1.29, 1.82) is 0 Å². The molecule has 0 saturated heterocycles. The van der Waals surface area contributed by atoms with Crippen LogP contribution in [0.25, 0.3) is 0 Å². The van der Waals surface area contributed by atoms with Crippen LogP contribution in [-0.4, -0.2) is 33.8 Å². The number of ether oxygens (including phenoxy) is 1. The third-order valence-corrected chi connectivity index (χ3v) is 5.62. The summed E-state index contributed by atoms with van der Waals surface area (Å²) >= 11 is 0. The largest absolute Gasteiger partial charge is 0.492 e. The molecule has 0 atom stereocenters. The first-order valence-electron chi connectivity index (χ1n) is 9.99. The number of hydrogen-bond donors (Lipinski definition) is 2. The van der Waals surface area contributed by atoms with Crippen molar-refractivity contribution in [3.8, 4) is 5.75 Å². The highest BCUT2D eigenvalue weighted by Gasteiger charge is 2.06. The zero-order valence-corrected chi connectivity index (χ0v) is 18.5. The van der Waals surface area contributed by atoms with Crippen LogP contribution in [0.3, 0.4) is 0 Å². The van der Waals surface area contributed by atoms with E-state index < -0.39 is 9.84 Å². The molecule has 6 nitrogen and oxygen atoms in total. The molecular formula is C24H27N3O3S. The molecule has 0 aliphatic rings. The number of nitrogens with one attached hydrogen (secondary N) is 2. The van der Waals surface area contributed by atoms with E-state index in [2.05, 4.69) is 46.8 Å². The van der Waals surface area contributed by atoms with E-state index in [4.69, 9.17) is 4.74 Å². The highest BCUT2D eigenvalue weighted by atomic mass is 32.2. The van der Waals surface area contributed by atoms with Crippen molar-refractivity contribution >= 4 is 21.5 Å². The Bertz CT molecular complexity index is 1100. The third kappa shape index (κ3) is 7.46. The summed E-state index contributed by atoms with van der Waals surface area (Å²) in [6.07, 6.45) is 1.18. The number of hydrogen-bond acceptors (Lipinski definition) is 4. The Labute approximate surface area is 183 Å². The summed E-state index contributed by atoms with van der Waals surface area (Å²) in [4.78, 5) is 4.95. The minimum atomic E-state index is -3.21. The highest BCUT2D eigenvalue weighted by Crippen LogP contribution is 2.15. The number of nitrogens with zero attached hydrogens (tertiary/aromatic N) is 1. The summed E-state index contributed by atoms with van der Waals surface area (Å²) in [6, 6.07) is 24.5. The fraction of sp³-hybridized carbons (Fsp3) is 0.208. The van der Waals surface area contributed by atoms with E-state index in [0.29, 0.717) is 31.4 Å². The smallest absolute Gasteiger partial charge is 0.196 e. The van der Waals surface area contributed by atoms with Crippen molar-refractivity contribution in [2.75, 3.05) is 24.7 Å². The summed E-state index contributed by atoms with van der Waals surface area (Å²) in [5.74, 6) is 1.27. The Morgan fingerprint density at radius 1 is 0.935 bits per heavy atom. The highest BCUT2D eigenvalue weighted by molar-refractivity contribution is 7.90. The number of benzene rings is 3. The van der Waals surface area contributed by atoms with Gasteiger partial charge < -0.3 is 15.4 Å². The van der Waals surface area contributed by atoms with E-state index >= 15 is 0 Å². The summed E-state index contributed by atoms with van der Waals surface area (Å²) in [7, 11) is -3.21. The van der Waals surface area contributed by atoms with E-state index in [1.807, 2.05) is 30.3 Å². The van der Waals surface area contributed by atoms with Crippen molar-refractivity contribution in [3.63, 3.8) is 0 Å². The van der Waals surface area contributed by atoms with Gasteiger partial charge >= 0.3 is 0 Å². The number of para-hydroxylation sites is 1. The second-order valence-corrected chi connectivity index (χ2v) is 9.18. The molecule has 0 amide bonds. The molecule has 3 aromatic carbocycles. The summed E-state index contributed by atoms with van der Waals surface area (Å²) < 4.78 is 28.8. The molecule has 0 aliphatic carbocycles. The Morgan fingerprint density at radius 3 is 2.26 bits per heavy atom. The van der Waals surface area contributed by atoms with Gasteiger partial charge in [0.2, 0.25) is 0 Å². The summed E-state index contributed by atoms with van der Waals surface area (Å²) in [5.41, 5.74) is 3.28. The van der Waals surface area contributed by atoms with Crippen LogP contribution in [0, 0.1) is 6.92 Å². The van der Waals surface area contributed by atoms with Crippen LogP contribution in [0.4, 0.5) is 5.69 Å². The SMILES string of the molecule is Cc1ccc(CN=C(NCCOc2ccc(S(C)(=O)=O)cc2)Nc2ccccc2)cc1. The topological polar surface area (TPSA) is 79.8 Å². The standard InChI is InChI=1S/C24H27N3O3S/c1-19-8-10-20(11-9-19)18-26-24(27-21-6-4-3-5-7-21)25-16-17-30-22-12-14-23(15-13-22)31(2,28)29/h3-15H,16-18H2,1-2H3,(H2,25,26,27). The molecule has 0 radical (unpaired) electrons. The van der Waals surface area contributed by atoms with Gasteiger partial charge in [-0.3, -0.25) is 0 Å². The zero-order chi connectivity index (χ0) is 22.1. The molecule has 7 heteroatoms. The van der Waals surface area contributed by atoms with Gasteiger partial charge in [0.15, 0.2) is 15.8 Å². The average Bonchev–Trinajstić information content (AvgIpc) is 2.76. The first kappa shape index (κ1) is 22.4. The number of aryl methyl sites for hydroxylation is 1. The number of guanidine groups is 1. The molecule has 0 spiro atoms. The van der Waals surface area contributed by atoms with Crippen LogP contribution in [-0.2, 0) is 16.4 Å². The molecule has 0 aliphatic heterocycles. The minimum Gasteiger partial charge on any atom is -0.492 e. The lowest BCUT2D eigenvalue weighted by Crippen LogP contribution is -2.34. The predicted octanol–water partition coefficient (Wildman–Crippen LogP) is 4.04. The van der Waals surface area contributed by atoms with Crippen molar-refractivity contribution < 1.29 is 13.2 Å². The summed E-state index contributed by atoms with van der Waals surface area (Å²) in [6.45, 7) is 3.54. The lowest BCUT2D eigenvalue weighted by molar-refractivity contribution is 0.322. The quantitative estimate of drug-likeness (QED) is 0.316. The van der Waals surface area contributed by atoms with Gasteiger partial charge in [-0.15, -0.1) is 0 Å². The molecule has 3 aromatic rings. The van der Waals surface area contributed by atoms with E-state index in [0.717, 1.165) is 11.3 Å². The van der Waals surface area contributed by atoms with Gasteiger partial charge in [-0.2, -0.15) is 0 Å². The van der Waals surface area contributed by atoms with E-state index in [9.17, 15) is 8.42 Å². The number of rotatable bonds is 8. The number of anilines is 1. The summed E-state index contributed by atoms with van der Waals surface area (Å²) in [5, 5.41) is 6.57. The number of sulfone groups is 1. The maximum Gasteiger partial charge on any atom is 0.196 e. The molecule has 31 heavy (non-hydrogen) atoms. The van der Waals surface area contributed by atoms with E-state index in [-0.39, 0.29) is 4.90 Å². The Balaban J connectivity index is 1.57.